The molecule has 1 aromatic heterocycles. The van der Waals surface area contributed by atoms with Crippen molar-refractivity contribution in [2.24, 2.45) is 4.99 Å². The lowest BCUT2D eigenvalue weighted by Crippen LogP contribution is -2.42. The smallest absolute Gasteiger partial charge is 0.319 e. The van der Waals surface area contributed by atoms with Gasteiger partial charge in [-0.15, -0.1) is 11.3 Å². The first-order chi connectivity index (χ1) is 15.5. The van der Waals surface area contributed by atoms with Gasteiger partial charge in [-0.25, -0.2) is 4.79 Å². The maximum absolute atomic E-state index is 13.2. The Morgan fingerprint density at radius 1 is 1.16 bits per heavy atom. The molecule has 1 aliphatic heterocycles. The first-order valence-corrected chi connectivity index (χ1v) is 11.3. The summed E-state index contributed by atoms with van der Waals surface area (Å²) in [5.41, 5.74) is 3.08. The van der Waals surface area contributed by atoms with Gasteiger partial charge >= 0.3 is 6.03 Å². The van der Waals surface area contributed by atoms with Crippen LogP contribution in [-0.2, 0) is 28.1 Å². The molecule has 32 heavy (non-hydrogen) atoms. The van der Waals surface area contributed by atoms with Crippen LogP contribution in [0.4, 0.5) is 4.79 Å². The molecule has 2 aromatic carbocycles. The number of carbonyl (C=O) groups is 3. The number of hydrogen-bond acceptors (Lipinski definition) is 4. The molecule has 7 nitrogen and oxygen atoms in total. The molecule has 2 aliphatic rings. The van der Waals surface area contributed by atoms with E-state index in [9.17, 15) is 14.4 Å². The van der Waals surface area contributed by atoms with Crippen molar-refractivity contribution in [2.75, 3.05) is 6.54 Å². The molecule has 1 aliphatic carbocycles. The largest absolute Gasteiger partial charge is 0.325 e. The molecule has 0 bridgehead atoms. The fourth-order valence-electron chi connectivity index (χ4n) is 4.41. The van der Waals surface area contributed by atoms with Crippen molar-refractivity contribution in [1.29, 1.82) is 0 Å². The van der Waals surface area contributed by atoms with Crippen molar-refractivity contribution < 1.29 is 14.4 Å². The van der Waals surface area contributed by atoms with Crippen LogP contribution >= 0.6 is 11.3 Å². The maximum atomic E-state index is 13.2. The van der Waals surface area contributed by atoms with E-state index in [1.165, 1.54) is 16.9 Å². The third-order valence-electron chi connectivity index (χ3n) is 6.07. The lowest BCUT2D eigenvalue weighted by molar-refractivity contribution is -0.134. The number of imide groups is 1. The lowest BCUT2D eigenvalue weighted by atomic mass is 9.92. The van der Waals surface area contributed by atoms with Gasteiger partial charge in [0, 0.05) is 18.1 Å². The number of benzene rings is 2. The Morgan fingerprint density at radius 2 is 1.94 bits per heavy atom. The number of urea groups is 1. The Kier molecular flexibility index (Phi) is 5.01. The van der Waals surface area contributed by atoms with E-state index < -0.39 is 17.5 Å². The zero-order valence-corrected chi connectivity index (χ0v) is 18.4. The maximum Gasteiger partial charge on any atom is 0.325 e. The number of nitrogens with zero attached hydrogens (tertiary/aromatic N) is 3. The first-order valence-electron chi connectivity index (χ1n) is 10.5. The number of nitrogens with one attached hydrogen (secondary N) is 1. The van der Waals surface area contributed by atoms with Crippen LogP contribution in [0, 0.1) is 6.92 Å². The highest BCUT2D eigenvalue weighted by molar-refractivity contribution is 7.07. The van der Waals surface area contributed by atoms with E-state index in [0.717, 1.165) is 21.6 Å². The molecule has 1 atom stereocenters. The summed E-state index contributed by atoms with van der Waals surface area (Å²) in [7, 11) is 0. The van der Waals surface area contributed by atoms with Crippen LogP contribution in [0.2, 0.25) is 0 Å². The highest BCUT2D eigenvalue weighted by Gasteiger charge is 2.55. The van der Waals surface area contributed by atoms with Gasteiger partial charge in [-0.2, -0.15) is 4.99 Å². The first kappa shape index (κ1) is 20.4. The highest BCUT2D eigenvalue weighted by atomic mass is 32.1. The summed E-state index contributed by atoms with van der Waals surface area (Å²) in [5, 5.41) is 4.70. The van der Waals surface area contributed by atoms with Crippen molar-refractivity contribution in [1.82, 2.24) is 14.8 Å². The molecular formula is C24H22N4O3S. The van der Waals surface area contributed by atoms with Gasteiger partial charge in [-0.3, -0.25) is 14.5 Å². The van der Waals surface area contributed by atoms with Crippen molar-refractivity contribution in [2.45, 2.75) is 31.8 Å². The van der Waals surface area contributed by atoms with Gasteiger partial charge in [-0.05, 0) is 36.5 Å². The number of hydrogen-bond donors (Lipinski definition) is 1. The average Bonchev–Trinajstić information content (AvgIpc) is 3.44. The Bertz CT molecular complexity index is 1290. The van der Waals surface area contributed by atoms with Gasteiger partial charge in [-0.1, -0.05) is 54.1 Å². The lowest BCUT2D eigenvalue weighted by Gasteiger charge is -2.21. The Labute approximate surface area is 189 Å². The molecule has 5 rings (SSSR count). The van der Waals surface area contributed by atoms with E-state index >= 15 is 0 Å². The van der Waals surface area contributed by atoms with E-state index in [1.807, 2.05) is 71.6 Å². The minimum absolute atomic E-state index is 0.378. The number of thiazole rings is 1. The third-order valence-corrected chi connectivity index (χ3v) is 6.86. The van der Waals surface area contributed by atoms with Crippen molar-refractivity contribution in [3.05, 3.63) is 87.2 Å². The standard InChI is InChI=1S/C24H22N4O3S/c1-16-6-8-17(9-7-16)14-27-12-13-32-23(27)25-20(29)15-28-21(30)24(26-22(28)31)11-10-18-4-2-3-5-19(18)24/h2-9,12-13H,10-11,14-15H2,1H3,(H,26,31). The molecule has 1 saturated heterocycles. The molecule has 1 unspecified atom stereocenters. The van der Waals surface area contributed by atoms with E-state index in [2.05, 4.69) is 10.3 Å². The van der Waals surface area contributed by atoms with E-state index in [0.29, 0.717) is 24.2 Å². The predicted molar refractivity (Wildman–Crippen MR) is 120 cm³/mol. The fourth-order valence-corrected chi connectivity index (χ4v) is 5.15. The molecule has 8 heteroatoms. The second-order valence-corrected chi connectivity index (χ2v) is 9.06. The molecular weight excluding hydrogens is 424 g/mol. The monoisotopic (exact) mass is 446 g/mol. The molecule has 0 saturated carbocycles. The molecule has 0 radical (unpaired) electrons. The van der Waals surface area contributed by atoms with Crippen molar-refractivity contribution in [3.8, 4) is 0 Å². The zero-order valence-electron chi connectivity index (χ0n) is 17.6. The summed E-state index contributed by atoms with van der Waals surface area (Å²) >= 11 is 1.34. The number of aryl methyl sites for hydroxylation is 2. The van der Waals surface area contributed by atoms with E-state index in [4.69, 9.17) is 0 Å². The van der Waals surface area contributed by atoms with Crippen LogP contribution in [0.3, 0.4) is 0 Å². The topological polar surface area (TPSA) is 83.8 Å². The second kappa shape index (κ2) is 7.87. The van der Waals surface area contributed by atoms with Crippen molar-refractivity contribution >= 4 is 29.2 Å². The second-order valence-electron chi connectivity index (χ2n) is 8.19. The van der Waals surface area contributed by atoms with Gasteiger partial charge in [0.25, 0.3) is 11.8 Å². The summed E-state index contributed by atoms with van der Waals surface area (Å²) in [5.74, 6) is -0.911. The summed E-state index contributed by atoms with van der Waals surface area (Å²) < 4.78 is 1.88. The van der Waals surface area contributed by atoms with Crippen molar-refractivity contribution in [3.63, 3.8) is 0 Å². The Balaban J connectivity index is 1.35. The normalized spacial score (nSPS) is 20.2. The van der Waals surface area contributed by atoms with Gasteiger partial charge < -0.3 is 9.88 Å². The molecule has 4 amide bonds. The summed E-state index contributed by atoms with van der Waals surface area (Å²) in [4.78, 5) is 44.3. The Morgan fingerprint density at radius 3 is 2.75 bits per heavy atom. The van der Waals surface area contributed by atoms with E-state index in [1.54, 1.807) is 0 Å². The number of rotatable bonds is 4. The summed E-state index contributed by atoms with van der Waals surface area (Å²) in [6, 6.07) is 15.2. The summed E-state index contributed by atoms with van der Waals surface area (Å²) in [6.45, 7) is 2.24. The van der Waals surface area contributed by atoms with Crippen LogP contribution in [0.25, 0.3) is 0 Å². The minimum Gasteiger partial charge on any atom is -0.319 e. The zero-order chi connectivity index (χ0) is 22.3. The summed E-state index contributed by atoms with van der Waals surface area (Å²) in [6.07, 6.45) is 3.08. The molecule has 1 N–H and O–H groups in total. The Hall–Kier alpha value is -3.52. The van der Waals surface area contributed by atoms with Crippen LogP contribution in [0.1, 0.15) is 28.7 Å². The minimum atomic E-state index is -1.07. The van der Waals surface area contributed by atoms with Crippen LogP contribution < -0.4 is 10.1 Å². The molecule has 162 valence electrons. The SMILES string of the molecule is Cc1ccc(Cn2ccsc2=NC(=O)CN2C(=O)NC3(CCc4ccccc43)C2=O)cc1. The fraction of sp³-hybridized carbons (Fsp3) is 0.250. The third kappa shape index (κ3) is 3.46. The number of amides is 4. The number of fused-ring (bicyclic) bond motifs is 2. The number of carbonyl (C=O) groups excluding carboxylic acids is 3. The average molecular weight is 447 g/mol. The molecule has 1 spiro atoms. The van der Waals surface area contributed by atoms with Gasteiger partial charge in [0.05, 0.1) is 0 Å². The van der Waals surface area contributed by atoms with Gasteiger partial charge in [0.2, 0.25) is 0 Å². The molecule has 2 heterocycles. The van der Waals surface area contributed by atoms with Crippen LogP contribution in [0.5, 0.6) is 0 Å². The van der Waals surface area contributed by atoms with E-state index in [-0.39, 0.29) is 12.5 Å². The number of aromatic nitrogens is 1. The van der Waals surface area contributed by atoms with Crippen LogP contribution in [-0.4, -0.2) is 33.9 Å². The van der Waals surface area contributed by atoms with Gasteiger partial charge in [0.15, 0.2) is 4.80 Å². The molecule has 3 aromatic rings. The predicted octanol–water partition coefficient (Wildman–Crippen LogP) is 2.73. The quantitative estimate of drug-likeness (QED) is 0.626. The molecule has 1 fully saturated rings. The van der Waals surface area contributed by atoms with Gasteiger partial charge in [0.1, 0.15) is 12.1 Å². The highest BCUT2D eigenvalue weighted by Crippen LogP contribution is 2.41. The van der Waals surface area contributed by atoms with Crippen LogP contribution in [0.15, 0.2) is 65.1 Å².